The molecular formula is C15H32IN3O2. The van der Waals surface area contributed by atoms with Crippen LogP contribution in [-0.4, -0.2) is 51.5 Å². The maximum atomic E-state index is 5.83. The third kappa shape index (κ3) is 9.52. The highest BCUT2D eigenvalue weighted by Gasteiger charge is 2.16. The van der Waals surface area contributed by atoms with Gasteiger partial charge in [0.05, 0.1) is 11.7 Å². The van der Waals surface area contributed by atoms with Crippen molar-refractivity contribution in [1.82, 2.24) is 10.6 Å². The molecule has 6 heteroatoms. The van der Waals surface area contributed by atoms with Crippen LogP contribution in [0.3, 0.4) is 0 Å². The van der Waals surface area contributed by atoms with Crippen LogP contribution in [0, 0.1) is 0 Å². The van der Waals surface area contributed by atoms with Crippen molar-refractivity contribution in [2.75, 3.05) is 33.9 Å². The lowest BCUT2D eigenvalue weighted by atomic mass is 10.1. The number of rotatable bonds is 8. The molecule has 5 nitrogen and oxygen atoms in total. The van der Waals surface area contributed by atoms with E-state index in [-0.39, 0.29) is 29.6 Å². The normalized spacial score (nSPS) is 16.7. The first-order chi connectivity index (χ1) is 9.57. The van der Waals surface area contributed by atoms with Gasteiger partial charge in [0.25, 0.3) is 0 Å². The van der Waals surface area contributed by atoms with Gasteiger partial charge in [-0.2, -0.15) is 0 Å². The molecule has 21 heavy (non-hydrogen) atoms. The molecule has 0 unspecified atom stereocenters. The Morgan fingerprint density at radius 2 is 1.90 bits per heavy atom. The van der Waals surface area contributed by atoms with Gasteiger partial charge in [-0.15, -0.1) is 24.0 Å². The summed E-state index contributed by atoms with van der Waals surface area (Å²) >= 11 is 0. The number of hydrogen-bond acceptors (Lipinski definition) is 3. The van der Waals surface area contributed by atoms with E-state index < -0.39 is 0 Å². The molecule has 0 aromatic heterocycles. The number of nitrogens with zero attached hydrogens (tertiary/aromatic N) is 1. The third-order valence-electron chi connectivity index (χ3n) is 3.73. The topological polar surface area (TPSA) is 54.9 Å². The van der Waals surface area contributed by atoms with Crippen molar-refractivity contribution in [2.45, 2.75) is 57.7 Å². The minimum absolute atomic E-state index is 0. The van der Waals surface area contributed by atoms with Gasteiger partial charge in [0.15, 0.2) is 5.96 Å². The Kier molecular flexibility index (Phi) is 11.4. The van der Waals surface area contributed by atoms with E-state index in [1.165, 1.54) is 25.7 Å². The van der Waals surface area contributed by atoms with Crippen LogP contribution in [0.4, 0.5) is 0 Å². The Labute approximate surface area is 146 Å². The van der Waals surface area contributed by atoms with Gasteiger partial charge in [-0.3, -0.25) is 4.99 Å². The van der Waals surface area contributed by atoms with Crippen molar-refractivity contribution in [2.24, 2.45) is 4.99 Å². The smallest absolute Gasteiger partial charge is 0.191 e. The van der Waals surface area contributed by atoms with Crippen molar-refractivity contribution in [3.8, 4) is 0 Å². The molecule has 0 amide bonds. The Balaban J connectivity index is 0.00000400. The van der Waals surface area contributed by atoms with Gasteiger partial charge in [-0.25, -0.2) is 0 Å². The van der Waals surface area contributed by atoms with Crippen LogP contribution in [0.2, 0.25) is 0 Å². The minimum atomic E-state index is -0.191. The van der Waals surface area contributed by atoms with E-state index in [1.54, 1.807) is 14.2 Å². The van der Waals surface area contributed by atoms with E-state index in [4.69, 9.17) is 9.47 Å². The van der Waals surface area contributed by atoms with Crippen molar-refractivity contribution in [3.63, 3.8) is 0 Å². The highest BCUT2D eigenvalue weighted by molar-refractivity contribution is 14.0. The minimum Gasteiger partial charge on any atom is -0.378 e. The van der Waals surface area contributed by atoms with Gasteiger partial charge >= 0.3 is 0 Å². The number of nitrogens with one attached hydrogen (secondary N) is 2. The first-order valence-electron chi connectivity index (χ1n) is 7.68. The first-order valence-corrected chi connectivity index (χ1v) is 7.68. The molecule has 0 aliphatic heterocycles. The molecule has 1 aliphatic carbocycles. The van der Waals surface area contributed by atoms with Crippen molar-refractivity contribution >= 4 is 29.9 Å². The van der Waals surface area contributed by atoms with E-state index in [2.05, 4.69) is 15.6 Å². The van der Waals surface area contributed by atoms with Gasteiger partial charge in [0, 0.05) is 33.9 Å². The van der Waals surface area contributed by atoms with Crippen LogP contribution in [0.1, 0.15) is 46.0 Å². The summed E-state index contributed by atoms with van der Waals surface area (Å²) in [7, 11) is 3.50. The largest absolute Gasteiger partial charge is 0.378 e. The average Bonchev–Trinajstić information content (AvgIpc) is 2.95. The van der Waals surface area contributed by atoms with Gasteiger partial charge in [-0.05, 0) is 33.1 Å². The second-order valence-electron chi connectivity index (χ2n) is 5.95. The van der Waals surface area contributed by atoms with Gasteiger partial charge < -0.3 is 20.1 Å². The molecule has 0 radical (unpaired) electrons. The first kappa shape index (κ1) is 20.9. The summed E-state index contributed by atoms with van der Waals surface area (Å²) in [6, 6.07) is 0. The molecule has 1 aliphatic rings. The predicted octanol–water partition coefficient (Wildman–Crippen LogP) is 2.54. The van der Waals surface area contributed by atoms with Crippen molar-refractivity contribution in [3.05, 3.63) is 0 Å². The molecule has 0 aromatic carbocycles. The maximum Gasteiger partial charge on any atom is 0.191 e. The molecule has 0 bridgehead atoms. The highest BCUT2D eigenvalue weighted by Crippen LogP contribution is 2.20. The standard InChI is InChI=1S/C15H31N3O2.HI/c1-15(2,19-4)12-18-14(16-3)17-10-7-11-20-13-8-5-6-9-13;/h13H,5-12H2,1-4H3,(H2,16,17,18);1H. The highest BCUT2D eigenvalue weighted by atomic mass is 127. The fraction of sp³-hybridized carbons (Fsp3) is 0.933. The maximum absolute atomic E-state index is 5.83. The lowest BCUT2D eigenvalue weighted by molar-refractivity contribution is 0.0268. The van der Waals surface area contributed by atoms with Gasteiger partial charge in [-0.1, -0.05) is 12.8 Å². The number of ether oxygens (including phenoxy) is 2. The van der Waals surface area contributed by atoms with Gasteiger partial charge in [0.1, 0.15) is 0 Å². The molecule has 2 N–H and O–H groups in total. The zero-order valence-electron chi connectivity index (χ0n) is 13.9. The Morgan fingerprint density at radius 3 is 2.48 bits per heavy atom. The molecule has 0 aromatic rings. The molecular weight excluding hydrogens is 381 g/mol. The van der Waals surface area contributed by atoms with Crippen LogP contribution >= 0.6 is 24.0 Å². The summed E-state index contributed by atoms with van der Waals surface area (Å²) in [5, 5.41) is 6.56. The van der Waals surface area contributed by atoms with Crippen LogP contribution in [0.5, 0.6) is 0 Å². The van der Waals surface area contributed by atoms with Gasteiger partial charge in [0.2, 0.25) is 0 Å². The Hall–Kier alpha value is -0.0800. The lowest BCUT2D eigenvalue weighted by Gasteiger charge is -2.24. The second kappa shape index (κ2) is 11.5. The summed E-state index contributed by atoms with van der Waals surface area (Å²) < 4.78 is 11.2. The fourth-order valence-corrected chi connectivity index (χ4v) is 2.17. The zero-order valence-corrected chi connectivity index (χ0v) is 16.2. The molecule has 1 rings (SSSR count). The molecule has 0 spiro atoms. The van der Waals surface area contributed by atoms with E-state index in [9.17, 15) is 0 Å². The summed E-state index contributed by atoms with van der Waals surface area (Å²) in [6.45, 7) is 6.52. The number of methoxy groups -OCH3 is 1. The molecule has 1 saturated carbocycles. The van der Waals surface area contributed by atoms with Crippen LogP contribution in [0.15, 0.2) is 4.99 Å². The lowest BCUT2D eigenvalue weighted by Crippen LogP contribution is -2.45. The summed E-state index contributed by atoms with van der Waals surface area (Å²) in [6.07, 6.45) is 6.65. The summed E-state index contributed by atoms with van der Waals surface area (Å²) in [4.78, 5) is 4.20. The van der Waals surface area contributed by atoms with Crippen LogP contribution < -0.4 is 10.6 Å². The molecule has 0 saturated heterocycles. The molecule has 0 heterocycles. The van der Waals surface area contributed by atoms with Crippen molar-refractivity contribution < 1.29 is 9.47 Å². The summed E-state index contributed by atoms with van der Waals surface area (Å²) in [5.41, 5.74) is -0.191. The third-order valence-corrected chi connectivity index (χ3v) is 3.73. The van der Waals surface area contributed by atoms with Crippen LogP contribution in [0.25, 0.3) is 0 Å². The molecule has 1 fully saturated rings. The number of aliphatic imine (C=N–C) groups is 1. The zero-order chi connectivity index (χ0) is 14.8. The number of hydrogen-bond donors (Lipinski definition) is 2. The van der Waals surface area contributed by atoms with E-state index in [1.807, 2.05) is 13.8 Å². The van der Waals surface area contributed by atoms with E-state index >= 15 is 0 Å². The quantitative estimate of drug-likeness (QED) is 0.278. The van der Waals surface area contributed by atoms with E-state index in [0.29, 0.717) is 6.10 Å². The Bertz CT molecular complexity index is 293. The molecule has 0 atom stereocenters. The predicted molar refractivity (Wildman–Crippen MR) is 98.7 cm³/mol. The fourth-order valence-electron chi connectivity index (χ4n) is 2.17. The number of guanidine groups is 1. The number of halogens is 1. The second-order valence-corrected chi connectivity index (χ2v) is 5.95. The van der Waals surface area contributed by atoms with Crippen LogP contribution in [-0.2, 0) is 9.47 Å². The summed E-state index contributed by atoms with van der Waals surface area (Å²) in [5.74, 6) is 0.816. The Morgan fingerprint density at radius 1 is 1.24 bits per heavy atom. The van der Waals surface area contributed by atoms with Crippen molar-refractivity contribution in [1.29, 1.82) is 0 Å². The average molecular weight is 413 g/mol. The molecule has 126 valence electrons. The SMILES string of the molecule is CN=C(NCCCOC1CCCC1)NCC(C)(C)OC.I. The monoisotopic (exact) mass is 413 g/mol. The van der Waals surface area contributed by atoms with E-state index in [0.717, 1.165) is 32.1 Å².